The second kappa shape index (κ2) is 30.0. The van der Waals surface area contributed by atoms with Gasteiger partial charge in [-0.3, -0.25) is 19.2 Å². The molecule has 4 amide bonds. The molecule has 0 spiro atoms. The van der Waals surface area contributed by atoms with E-state index < -0.39 is 58.4 Å². The van der Waals surface area contributed by atoms with Crippen molar-refractivity contribution in [2.24, 2.45) is 0 Å². The van der Waals surface area contributed by atoms with Crippen LogP contribution in [0.15, 0.2) is 200 Å². The van der Waals surface area contributed by atoms with Crippen LogP contribution in [0.1, 0.15) is 62.9 Å². The Hall–Kier alpha value is -9.58. The first-order chi connectivity index (χ1) is 41.7. The second-order valence-corrected chi connectivity index (χ2v) is 20.4. The number of anilines is 2. The summed E-state index contributed by atoms with van der Waals surface area (Å²) in [7, 11) is 5.94. The SMILES string of the molecule is COc1ccc(N(CCc2ccc(C(F)(F)F)cc2)C(=O)C(C(=O)NCc2ccc(C)cc2)c2ccccc2)cc1OC.COc1ccc(N(CCc2ccc(C(F)(F)F)cc2)C(=O)C(C)(C(=O)NCCc2ccccc2)c2ccccc2)cc1OC. The van der Waals surface area contributed by atoms with Gasteiger partial charge in [0.25, 0.3) is 0 Å². The third kappa shape index (κ3) is 17.1. The van der Waals surface area contributed by atoms with E-state index in [9.17, 15) is 45.5 Å². The number of hydrogen-bond acceptors (Lipinski definition) is 8. The smallest absolute Gasteiger partial charge is 0.416 e. The van der Waals surface area contributed by atoms with Crippen LogP contribution < -0.4 is 39.4 Å². The van der Waals surface area contributed by atoms with Crippen LogP contribution in [0.25, 0.3) is 0 Å². The number of nitrogens with zero attached hydrogens (tertiary/aromatic N) is 2. The lowest BCUT2D eigenvalue weighted by Gasteiger charge is -2.34. The normalized spacial score (nSPS) is 12.2. The second-order valence-electron chi connectivity index (χ2n) is 20.4. The van der Waals surface area contributed by atoms with E-state index in [0.717, 1.165) is 41.0 Å². The predicted molar refractivity (Wildman–Crippen MR) is 323 cm³/mol. The minimum absolute atomic E-state index is 0.0827. The van der Waals surface area contributed by atoms with Crippen molar-refractivity contribution < 1.29 is 64.5 Å². The topological polar surface area (TPSA) is 136 Å². The quantitative estimate of drug-likeness (QED) is 0.0477. The molecule has 0 heterocycles. The van der Waals surface area contributed by atoms with E-state index in [4.69, 9.17) is 18.9 Å². The molecular formula is C69H68F6N4O8. The van der Waals surface area contributed by atoms with Gasteiger partial charge in [-0.15, -0.1) is 0 Å². The van der Waals surface area contributed by atoms with Gasteiger partial charge in [-0.05, 0) is 115 Å². The summed E-state index contributed by atoms with van der Waals surface area (Å²) < 4.78 is 100. The van der Waals surface area contributed by atoms with Crippen LogP contribution in [0.3, 0.4) is 0 Å². The lowest BCUT2D eigenvalue weighted by molar-refractivity contribution is -0.138. The van der Waals surface area contributed by atoms with Crippen LogP contribution in [-0.2, 0) is 62.8 Å². The summed E-state index contributed by atoms with van der Waals surface area (Å²) in [6.07, 6.45) is -7.84. The average Bonchev–Trinajstić information content (AvgIpc) is 1.80. The zero-order valence-electron chi connectivity index (χ0n) is 49.0. The maximum absolute atomic E-state index is 14.6. The van der Waals surface area contributed by atoms with Gasteiger partial charge in [0.1, 0.15) is 11.3 Å². The van der Waals surface area contributed by atoms with Crippen molar-refractivity contribution in [3.8, 4) is 23.0 Å². The highest BCUT2D eigenvalue weighted by atomic mass is 19.4. The molecule has 87 heavy (non-hydrogen) atoms. The molecule has 0 aliphatic heterocycles. The summed E-state index contributed by atoms with van der Waals surface area (Å²) in [5.74, 6) is -1.45. The number of benzene rings is 8. The van der Waals surface area contributed by atoms with Gasteiger partial charge < -0.3 is 39.4 Å². The molecule has 8 rings (SSSR count). The Morgan fingerprint density at radius 2 is 0.885 bits per heavy atom. The fourth-order valence-electron chi connectivity index (χ4n) is 9.64. The number of ether oxygens (including phenoxy) is 4. The molecule has 8 aromatic carbocycles. The van der Waals surface area contributed by atoms with E-state index in [2.05, 4.69) is 10.6 Å². The monoisotopic (exact) mass is 1190 g/mol. The number of carbonyl (C=O) groups is 4. The molecular weight excluding hydrogens is 1130 g/mol. The molecule has 2 N–H and O–H groups in total. The van der Waals surface area contributed by atoms with Gasteiger partial charge >= 0.3 is 12.4 Å². The number of halogens is 6. The highest BCUT2D eigenvalue weighted by Gasteiger charge is 2.46. The average molecular weight is 1200 g/mol. The predicted octanol–water partition coefficient (Wildman–Crippen LogP) is 13.3. The van der Waals surface area contributed by atoms with Crippen LogP contribution >= 0.6 is 0 Å². The summed E-state index contributed by atoms with van der Waals surface area (Å²) in [4.78, 5) is 59.6. The number of rotatable bonds is 23. The number of nitrogens with one attached hydrogen (secondary N) is 2. The molecule has 0 saturated heterocycles. The molecule has 2 atom stereocenters. The minimum atomic E-state index is -4.45. The number of aryl methyl sites for hydroxylation is 1. The lowest BCUT2D eigenvalue weighted by Crippen LogP contribution is -2.55. The number of amides is 4. The van der Waals surface area contributed by atoms with Gasteiger partial charge in [0.2, 0.25) is 23.6 Å². The molecule has 0 aromatic heterocycles. The maximum atomic E-state index is 14.6. The molecule has 0 saturated carbocycles. The number of alkyl halides is 6. The molecule has 12 nitrogen and oxygen atoms in total. The maximum Gasteiger partial charge on any atom is 0.416 e. The Morgan fingerprint density at radius 1 is 0.460 bits per heavy atom. The van der Waals surface area contributed by atoms with E-state index in [-0.39, 0.29) is 32.5 Å². The molecule has 0 fully saturated rings. The van der Waals surface area contributed by atoms with E-state index >= 15 is 0 Å². The Morgan fingerprint density at radius 3 is 1.36 bits per heavy atom. The van der Waals surface area contributed by atoms with Crippen LogP contribution in [-0.4, -0.2) is 71.7 Å². The molecule has 0 radical (unpaired) electrons. The number of hydrogen-bond donors (Lipinski definition) is 2. The van der Waals surface area contributed by atoms with Crippen LogP contribution in [0.5, 0.6) is 23.0 Å². The molecule has 18 heteroatoms. The van der Waals surface area contributed by atoms with Crippen molar-refractivity contribution in [2.75, 3.05) is 57.9 Å². The summed E-state index contributed by atoms with van der Waals surface area (Å²) >= 11 is 0. The molecule has 0 aliphatic rings. The van der Waals surface area contributed by atoms with Gasteiger partial charge in [-0.2, -0.15) is 26.3 Å². The van der Waals surface area contributed by atoms with Gasteiger partial charge in [-0.25, -0.2) is 0 Å². The van der Waals surface area contributed by atoms with Crippen molar-refractivity contribution in [2.45, 2.75) is 63.3 Å². The van der Waals surface area contributed by atoms with Crippen molar-refractivity contribution in [1.29, 1.82) is 0 Å². The molecule has 454 valence electrons. The summed E-state index contributed by atoms with van der Waals surface area (Å²) in [6.45, 7) is 4.29. The Balaban J connectivity index is 0.000000249. The zero-order valence-corrected chi connectivity index (χ0v) is 49.0. The highest BCUT2D eigenvalue weighted by Crippen LogP contribution is 2.37. The van der Waals surface area contributed by atoms with Crippen LogP contribution in [0.4, 0.5) is 37.7 Å². The van der Waals surface area contributed by atoms with Gasteiger partial charge in [0.05, 0.1) is 39.6 Å². The first-order valence-corrected chi connectivity index (χ1v) is 27.8. The highest BCUT2D eigenvalue weighted by molar-refractivity contribution is 6.16. The third-order valence-electron chi connectivity index (χ3n) is 14.7. The first-order valence-electron chi connectivity index (χ1n) is 27.8. The summed E-state index contributed by atoms with van der Waals surface area (Å²) in [5.41, 5.74) is 2.99. The van der Waals surface area contributed by atoms with Crippen molar-refractivity contribution in [1.82, 2.24) is 10.6 Å². The van der Waals surface area contributed by atoms with E-state index in [1.54, 1.807) is 104 Å². The van der Waals surface area contributed by atoms with Gasteiger partial charge in [0.15, 0.2) is 23.0 Å². The van der Waals surface area contributed by atoms with E-state index in [1.165, 1.54) is 62.5 Å². The Bertz CT molecular complexity index is 3540. The molecule has 0 aliphatic carbocycles. The Kier molecular flexibility index (Phi) is 22.4. The number of methoxy groups -OCH3 is 4. The van der Waals surface area contributed by atoms with Crippen molar-refractivity contribution in [3.63, 3.8) is 0 Å². The Labute approximate surface area is 502 Å². The lowest BCUT2D eigenvalue weighted by atomic mass is 9.79. The van der Waals surface area contributed by atoms with E-state index in [0.29, 0.717) is 69.6 Å². The number of carbonyl (C=O) groups excluding carboxylic acids is 4. The van der Waals surface area contributed by atoms with Crippen LogP contribution in [0, 0.1) is 6.92 Å². The zero-order chi connectivity index (χ0) is 62.7. The van der Waals surface area contributed by atoms with E-state index in [1.807, 2.05) is 61.5 Å². The summed E-state index contributed by atoms with van der Waals surface area (Å²) in [6, 6.07) is 54.6. The molecule has 2 unspecified atom stereocenters. The molecule has 8 aromatic rings. The first kappa shape index (κ1) is 65.0. The molecule has 0 bridgehead atoms. The minimum Gasteiger partial charge on any atom is -0.493 e. The van der Waals surface area contributed by atoms with Crippen LogP contribution in [0.2, 0.25) is 0 Å². The standard InChI is InChI=1S/C35H35F3N2O4.C34H33F3N2O4/c1-34(27-12-8-5-9-13-27,32(41)39-22-20-25-10-6-4-7-11-25)33(42)40(29-18-19-30(43-2)31(24-29)44-3)23-21-26-14-16-28(17-15-26)35(36,37)38;1-23-9-11-25(12-10-23)22-38-32(40)31(26-7-5-4-6-8-26)33(41)39(28-17-18-29(42-2)30(21-28)43-3)20-19-24-13-15-27(16-14-24)34(35,36)37/h4-19,24H,20-23H2,1-3H3,(H,39,41);4-18,21,31H,19-20,22H2,1-3H3,(H,38,40). The van der Waals surface area contributed by atoms with Gasteiger partial charge in [0, 0.05) is 49.7 Å². The fraction of sp³-hybridized carbons (Fsp3) is 0.246. The summed E-state index contributed by atoms with van der Waals surface area (Å²) in [5, 5.41) is 5.86. The largest absolute Gasteiger partial charge is 0.493 e. The van der Waals surface area contributed by atoms with Crippen molar-refractivity contribution >= 4 is 35.0 Å². The van der Waals surface area contributed by atoms with Crippen molar-refractivity contribution in [3.05, 3.63) is 250 Å². The third-order valence-corrected chi connectivity index (χ3v) is 14.7. The van der Waals surface area contributed by atoms with Gasteiger partial charge in [-0.1, -0.05) is 145 Å². The fourth-order valence-corrected chi connectivity index (χ4v) is 9.64.